The van der Waals surface area contributed by atoms with Crippen molar-refractivity contribution >= 4 is 17.1 Å². The fourth-order valence-electron chi connectivity index (χ4n) is 3.06. The molecule has 2 aromatic carbocycles. The first-order valence-corrected chi connectivity index (χ1v) is 7.11. The Morgan fingerprint density at radius 1 is 0.952 bits per heavy atom. The van der Waals surface area contributed by atoms with E-state index in [1.54, 1.807) is 4.90 Å². The Hall–Kier alpha value is -2.55. The number of carbonyl (C=O) groups is 1. The van der Waals surface area contributed by atoms with Crippen molar-refractivity contribution in [3.63, 3.8) is 0 Å². The van der Waals surface area contributed by atoms with Crippen molar-refractivity contribution < 1.29 is 9.53 Å². The Balaban J connectivity index is 2.07. The molecule has 0 aromatic heterocycles. The van der Waals surface area contributed by atoms with E-state index in [1.165, 1.54) is 0 Å². The third-order valence-corrected chi connectivity index (χ3v) is 4.15. The molecule has 2 aliphatic heterocycles. The van der Waals surface area contributed by atoms with Crippen LogP contribution in [0.1, 0.15) is 17.5 Å². The van der Waals surface area contributed by atoms with Crippen molar-refractivity contribution in [3.8, 4) is 11.5 Å². The van der Waals surface area contributed by atoms with E-state index >= 15 is 0 Å². The van der Waals surface area contributed by atoms with Gasteiger partial charge in [0.05, 0.1) is 5.57 Å². The van der Waals surface area contributed by atoms with Crippen LogP contribution in [0.25, 0.3) is 11.1 Å². The summed E-state index contributed by atoms with van der Waals surface area (Å²) in [5.74, 6) is 1.65. The first kappa shape index (κ1) is 12.2. The molecule has 0 atom stereocenters. The van der Waals surface area contributed by atoms with Gasteiger partial charge in [-0.25, -0.2) is 0 Å². The molecule has 0 spiro atoms. The summed E-state index contributed by atoms with van der Waals surface area (Å²) in [5.41, 5.74) is 3.80. The number of nitrogens with zero attached hydrogens (tertiary/aromatic N) is 1. The zero-order valence-electron chi connectivity index (χ0n) is 11.8. The van der Waals surface area contributed by atoms with E-state index in [9.17, 15) is 4.79 Å². The van der Waals surface area contributed by atoms with Crippen molar-refractivity contribution in [1.82, 2.24) is 4.90 Å². The van der Waals surface area contributed by atoms with Crippen LogP contribution in [0.2, 0.25) is 0 Å². The van der Waals surface area contributed by atoms with Gasteiger partial charge in [0, 0.05) is 24.7 Å². The number of ether oxygens (including phenoxy) is 1. The van der Waals surface area contributed by atoms with Crippen LogP contribution in [0.5, 0.6) is 11.5 Å². The highest BCUT2D eigenvalue weighted by Gasteiger charge is 2.31. The minimum atomic E-state index is 0.0732. The number of fused-ring (bicyclic) bond motifs is 4. The highest BCUT2D eigenvalue weighted by molar-refractivity contribution is 6.28. The molecule has 0 unspecified atom stereocenters. The molecular weight excluding hydrogens is 262 g/mol. The second kappa shape index (κ2) is 4.48. The Kier molecular flexibility index (Phi) is 2.61. The molecule has 4 rings (SSSR count). The van der Waals surface area contributed by atoms with Crippen LogP contribution >= 0.6 is 0 Å². The summed E-state index contributed by atoms with van der Waals surface area (Å²) in [6.45, 7) is 0.744. The molecule has 104 valence electrons. The van der Waals surface area contributed by atoms with Gasteiger partial charge in [0.1, 0.15) is 11.5 Å². The topological polar surface area (TPSA) is 29.5 Å². The maximum absolute atomic E-state index is 12.7. The highest BCUT2D eigenvalue weighted by atomic mass is 16.5. The lowest BCUT2D eigenvalue weighted by Gasteiger charge is -2.27. The summed E-state index contributed by atoms with van der Waals surface area (Å²) in [6.07, 6.45) is 0.853. The van der Waals surface area contributed by atoms with Gasteiger partial charge >= 0.3 is 0 Å². The first-order chi connectivity index (χ1) is 10.3. The second-order valence-corrected chi connectivity index (χ2v) is 5.42. The molecule has 2 aromatic rings. The van der Waals surface area contributed by atoms with E-state index in [0.717, 1.165) is 46.7 Å². The number of para-hydroxylation sites is 2. The van der Waals surface area contributed by atoms with Gasteiger partial charge in [-0.15, -0.1) is 0 Å². The summed E-state index contributed by atoms with van der Waals surface area (Å²) in [5, 5.41) is 0. The summed E-state index contributed by atoms with van der Waals surface area (Å²) in [6, 6.07) is 15.7. The van der Waals surface area contributed by atoms with Crippen LogP contribution < -0.4 is 4.74 Å². The quantitative estimate of drug-likeness (QED) is 0.737. The smallest absolute Gasteiger partial charge is 0.254 e. The van der Waals surface area contributed by atoms with Gasteiger partial charge in [0.15, 0.2) is 0 Å². The summed E-state index contributed by atoms with van der Waals surface area (Å²) in [4.78, 5) is 14.5. The predicted molar refractivity (Wildman–Crippen MR) is 82.0 cm³/mol. The van der Waals surface area contributed by atoms with Crippen LogP contribution in [-0.4, -0.2) is 24.4 Å². The largest absolute Gasteiger partial charge is 0.456 e. The number of likely N-dealkylation sites (N-methyl/N-ethyl adjacent to an activating group) is 1. The molecular formula is C18H15NO2. The summed E-state index contributed by atoms with van der Waals surface area (Å²) >= 11 is 0. The normalized spacial score (nSPS) is 16.6. The number of carbonyl (C=O) groups excluding carboxylic acids is 1. The summed E-state index contributed by atoms with van der Waals surface area (Å²) in [7, 11) is 1.85. The van der Waals surface area contributed by atoms with Gasteiger partial charge in [-0.3, -0.25) is 4.79 Å². The third kappa shape index (κ3) is 1.77. The van der Waals surface area contributed by atoms with Crippen LogP contribution in [0.15, 0.2) is 48.5 Å². The molecule has 3 heteroatoms. The van der Waals surface area contributed by atoms with Crippen LogP contribution in [-0.2, 0) is 4.79 Å². The second-order valence-electron chi connectivity index (χ2n) is 5.42. The van der Waals surface area contributed by atoms with Gasteiger partial charge in [0.25, 0.3) is 5.91 Å². The first-order valence-electron chi connectivity index (χ1n) is 7.11. The van der Waals surface area contributed by atoms with Crippen LogP contribution in [0.4, 0.5) is 0 Å². The van der Waals surface area contributed by atoms with E-state index in [-0.39, 0.29) is 5.91 Å². The molecule has 0 bridgehead atoms. The molecule has 0 aliphatic carbocycles. The molecule has 3 nitrogen and oxygen atoms in total. The van der Waals surface area contributed by atoms with Crippen LogP contribution in [0, 0.1) is 0 Å². The maximum atomic E-state index is 12.7. The minimum Gasteiger partial charge on any atom is -0.456 e. The van der Waals surface area contributed by atoms with Crippen molar-refractivity contribution in [2.24, 2.45) is 0 Å². The average Bonchev–Trinajstić information content (AvgIpc) is 2.65. The predicted octanol–water partition coefficient (Wildman–Crippen LogP) is 3.57. The minimum absolute atomic E-state index is 0.0732. The molecule has 0 fully saturated rings. The highest BCUT2D eigenvalue weighted by Crippen LogP contribution is 2.45. The van der Waals surface area contributed by atoms with E-state index in [2.05, 4.69) is 0 Å². The third-order valence-electron chi connectivity index (χ3n) is 4.15. The maximum Gasteiger partial charge on any atom is 0.254 e. The molecule has 0 radical (unpaired) electrons. The average molecular weight is 277 g/mol. The molecule has 2 aliphatic rings. The Morgan fingerprint density at radius 2 is 1.57 bits per heavy atom. The fraction of sp³-hybridized carbons (Fsp3) is 0.167. The molecule has 0 saturated carbocycles. The SMILES string of the molecule is CN1CCC2=C(C1=O)c1ccccc1Oc1ccccc12. The number of amides is 1. The van der Waals surface area contributed by atoms with Crippen molar-refractivity contribution in [3.05, 3.63) is 59.7 Å². The Bertz CT molecular complexity index is 776. The van der Waals surface area contributed by atoms with Crippen molar-refractivity contribution in [2.75, 3.05) is 13.6 Å². The molecule has 2 heterocycles. The molecule has 1 amide bonds. The molecule has 0 N–H and O–H groups in total. The van der Waals surface area contributed by atoms with Gasteiger partial charge in [0.2, 0.25) is 0 Å². The fourth-order valence-corrected chi connectivity index (χ4v) is 3.06. The molecule has 0 saturated heterocycles. The van der Waals surface area contributed by atoms with Gasteiger partial charge in [-0.05, 0) is 24.1 Å². The van der Waals surface area contributed by atoms with Crippen molar-refractivity contribution in [2.45, 2.75) is 6.42 Å². The van der Waals surface area contributed by atoms with Crippen LogP contribution in [0.3, 0.4) is 0 Å². The zero-order valence-corrected chi connectivity index (χ0v) is 11.8. The monoisotopic (exact) mass is 277 g/mol. The van der Waals surface area contributed by atoms with Crippen molar-refractivity contribution in [1.29, 1.82) is 0 Å². The lowest BCUT2D eigenvalue weighted by molar-refractivity contribution is -0.124. The zero-order chi connectivity index (χ0) is 14.4. The lowest BCUT2D eigenvalue weighted by Crippen LogP contribution is -2.32. The number of hydrogen-bond acceptors (Lipinski definition) is 2. The number of benzene rings is 2. The summed E-state index contributed by atoms with van der Waals surface area (Å²) < 4.78 is 6.07. The standard InChI is InChI=1S/C18H15NO2/c1-19-11-10-13-12-6-2-4-8-15(12)21-16-9-5-3-7-14(16)17(13)18(19)20/h2-9H,10-11H2,1H3. The van der Waals surface area contributed by atoms with E-state index < -0.39 is 0 Å². The Morgan fingerprint density at radius 3 is 2.33 bits per heavy atom. The van der Waals surface area contributed by atoms with Gasteiger partial charge < -0.3 is 9.64 Å². The van der Waals surface area contributed by atoms with E-state index in [0.29, 0.717) is 0 Å². The van der Waals surface area contributed by atoms with Gasteiger partial charge in [-0.2, -0.15) is 0 Å². The van der Waals surface area contributed by atoms with E-state index in [4.69, 9.17) is 4.74 Å². The molecule has 21 heavy (non-hydrogen) atoms. The number of hydrogen-bond donors (Lipinski definition) is 0. The van der Waals surface area contributed by atoms with Gasteiger partial charge in [-0.1, -0.05) is 36.4 Å². The Labute approximate surface area is 123 Å². The lowest BCUT2D eigenvalue weighted by atomic mass is 9.89. The number of rotatable bonds is 0. The van der Waals surface area contributed by atoms with E-state index in [1.807, 2.05) is 55.6 Å².